The molecule has 0 saturated heterocycles. The van der Waals surface area contributed by atoms with Crippen LogP contribution in [0.25, 0.3) is 0 Å². The number of benzene rings is 1. The van der Waals surface area contributed by atoms with Crippen LogP contribution >= 0.6 is 0 Å². The van der Waals surface area contributed by atoms with Gasteiger partial charge in [-0.25, -0.2) is 4.79 Å². The van der Waals surface area contributed by atoms with Crippen molar-refractivity contribution in [2.24, 2.45) is 5.92 Å². The lowest BCUT2D eigenvalue weighted by Gasteiger charge is -2.15. The number of rotatable bonds is 7. The fourth-order valence-corrected chi connectivity index (χ4v) is 1.70. The van der Waals surface area contributed by atoms with E-state index in [0.29, 0.717) is 6.54 Å². The van der Waals surface area contributed by atoms with E-state index < -0.39 is 22.9 Å². The van der Waals surface area contributed by atoms with Gasteiger partial charge >= 0.3 is 5.97 Å². The molecule has 8 nitrogen and oxygen atoms in total. The van der Waals surface area contributed by atoms with Gasteiger partial charge in [-0.1, -0.05) is 13.8 Å². The average Bonchev–Trinajstić information content (AvgIpc) is 2.51. The Morgan fingerprint density at radius 2 is 1.96 bits per heavy atom. The first kappa shape index (κ1) is 18.4. The largest absolute Gasteiger partial charge is 0.496 e. The van der Waals surface area contributed by atoms with Crippen LogP contribution in [0.1, 0.15) is 31.1 Å². The zero-order chi connectivity index (χ0) is 17.6. The standard InChI is InChI=1S/C15H20N2O6/c1-9(2)8-16-14(18)10(3)23-15(19)12-7-11(17(20)21)5-6-13(12)22-4/h5-7,9-10H,8H2,1-4H3,(H,16,18)/t10-/m0/s1. The molecule has 0 aliphatic rings. The Balaban J connectivity index is 2.86. The third-order valence-corrected chi connectivity index (χ3v) is 2.95. The molecule has 0 radical (unpaired) electrons. The fourth-order valence-electron chi connectivity index (χ4n) is 1.70. The van der Waals surface area contributed by atoms with Gasteiger partial charge in [-0.3, -0.25) is 14.9 Å². The fraction of sp³-hybridized carbons (Fsp3) is 0.467. The number of hydrogen-bond donors (Lipinski definition) is 1. The van der Waals surface area contributed by atoms with Crippen LogP contribution < -0.4 is 10.1 Å². The van der Waals surface area contributed by atoms with E-state index >= 15 is 0 Å². The predicted octanol–water partition coefficient (Wildman–Crippen LogP) is 1.92. The summed E-state index contributed by atoms with van der Waals surface area (Å²) in [5.41, 5.74) is -0.375. The first-order valence-electron chi connectivity index (χ1n) is 7.07. The van der Waals surface area contributed by atoms with Gasteiger partial charge in [0.2, 0.25) is 0 Å². The van der Waals surface area contributed by atoms with Crippen LogP contribution in [-0.2, 0) is 9.53 Å². The summed E-state index contributed by atoms with van der Waals surface area (Å²) in [5.74, 6) is -0.900. The maximum atomic E-state index is 12.1. The molecule has 1 N–H and O–H groups in total. The van der Waals surface area contributed by atoms with E-state index in [1.54, 1.807) is 0 Å². The molecule has 1 atom stereocenters. The number of carbonyl (C=O) groups is 2. The number of carbonyl (C=O) groups excluding carboxylic acids is 2. The van der Waals surface area contributed by atoms with E-state index in [2.05, 4.69) is 5.32 Å². The van der Waals surface area contributed by atoms with Crippen LogP contribution in [0.15, 0.2) is 18.2 Å². The van der Waals surface area contributed by atoms with Crippen molar-refractivity contribution in [3.63, 3.8) is 0 Å². The minimum absolute atomic E-state index is 0.106. The average molecular weight is 324 g/mol. The van der Waals surface area contributed by atoms with Crippen LogP contribution in [0.3, 0.4) is 0 Å². The van der Waals surface area contributed by atoms with Crippen molar-refractivity contribution in [3.8, 4) is 5.75 Å². The van der Waals surface area contributed by atoms with Crippen LogP contribution in [0.4, 0.5) is 5.69 Å². The zero-order valence-electron chi connectivity index (χ0n) is 13.5. The highest BCUT2D eigenvalue weighted by molar-refractivity contribution is 5.95. The highest BCUT2D eigenvalue weighted by atomic mass is 16.6. The number of hydrogen-bond acceptors (Lipinski definition) is 6. The molecular weight excluding hydrogens is 304 g/mol. The number of non-ortho nitro benzene ring substituents is 1. The molecule has 0 heterocycles. The lowest BCUT2D eigenvalue weighted by Crippen LogP contribution is -2.37. The Morgan fingerprint density at radius 3 is 2.48 bits per heavy atom. The zero-order valence-corrected chi connectivity index (χ0v) is 13.5. The Bertz CT molecular complexity index is 600. The summed E-state index contributed by atoms with van der Waals surface area (Å²) in [7, 11) is 1.33. The number of nitro groups is 1. The number of nitrogens with zero attached hydrogens (tertiary/aromatic N) is 1. The van der Waals surface area contributed by atoms with Crippen molar-refractivity contribution in [1.29, 1.82) is 0 Å². The van der Waals surface area contributed by atoms with Gasteiger partial charge in [-0.15, -0.1) is 0 Å². The van der Waals surface area contributed by atoms with E-state index in [1.165, 1.54) is 26.2 Å². The van der Waals surface area contributed by atoms with Crippen molar-refractivity contribution in [2.45, 2.75) is 26.9 Å². The van der Waals surface area contributed by atoms with Gasteiger partial charge in [0.05, 0.1) is 12.0 Å². The molecule has 23 heavy (non-hydrogen) atoms. The van der Waals surface area contributed by atoms with Gasteiger partial charge in [0, 0.05) is 18.7 Å². The summed E-state index contributed by atoms with van der Waals surface area (Å²) >= 11 is 0. The van der Waals surface area contributed by atoms with Gasteiger partial charge in [0.15, 0.2) is 6.10 Å². The van der Waals surface area contributed by atoms with Crippen molar-refractivity contribution < 1.29 is 24.0 Å². The molecule has 126 valence electrons. The van der Waals surface area contributed by atoms with Gasteiger partial charge < -0.3 is 14.8 Å². The molecule has 0 spiro atoms. The van der Waals surface area contributed by atoms with Crippen LogP contribution in [0.2, 0.25) is 0 Å². The molecule has 0 aromatic heterocycles. The first-order valence-corrected chi connectivity index (χ1v) is 7.07. The van der Waals surface area contributed by atoms with Gasteiger partial charge in [0.25, 0.3) is 11.6 Å². The Morgan fingerprint density at radius 1 is 1.30 bits per heavy atom. The molecule has 0 unspecified atom stereocenters. The Hall–Kier alpha value is -2.64. The molecule has 0 saturated carbocycles. The molecule has 0 aliphatic carbocycles. The summed E-state index contributed by atoms with van der Waals surface area (Å²) in [4.78, 5) is 34.1. The summed E-state index contributed by atoms with van der Waals surface area (Å²) in [6, 6.07) is 3.58. The number of esters is 1. The Labute approximate surface area is 133 Å². The van der Waals surface area contributed by atoms with E-state index in [4.69, 9.17) is 9.47 Å². The Kier molecular flexibility index (Phi) is 6.49. The number of ether oxygens (including phenoxy) is 2. The second-order valence-electron chi connectivity index (χ2n) is 5.33. The number of amides is 1. The third-order valence-electron chi connectivity index (χ3n) is 2.95. The van der Waals surface area contributed by atoms with E-state index in [-0.39, 0.29) is 22.9 Å². The highest BCUT2D eigenvalue weighted by Crippen LogP contribution is 2.25. The van der Waals surface area contributed by atoms with E-state index in [0.717, 1.165) is 6.07 Å². The maximum absolute atomic E-state index is 12.1. The molecule has 0 bridgehead atoms. The predicted molar refractivity (Wildman–Crippen MR) is 82.4 cm³/mol. The molecule has 1 amide bonds. The van der Waals surface area contributed by atoms with Gasteiger partial charge in [0.1, 0.15) is 11.3 Å². The minimum Gasteiger partial charge on any atom is -0.496 e. The third kappa shape index (κ3) is 5.24. The lowest BCUT2D eigenvalue weighted by molar-refractivity contribution is -0.384. The quantitative estimate of drug-likeness (QED) is 0.466. The van der Waals surface area contributed by atoms with E-state index in [9.17, 15) is 19.7 Å². The molecule has 0 aliphatic heterocycles. The van der Waals surface area contributed by atoms with Crippen molar-refractivity contribution in [3.05, 3.63) is 33.9 Å². The normalized spacial score (nSPS) is 11.7. The van der Waals surface area contributed by atoms with Gasteiger partial charge in [-0.05, 0) is 18.9 Å². The second kappa shape index (κ2) is 8.11. The van der Waals surface area contributed by atoms with Crippen molar-refractivity contribution in [2.75, 3.05) is 13.7 Å². The lowest BCUT2D eigenvalue weighted by atomic mass is 10.1. The smallest absolute Gasteiger partial charge is 0.342 e. The maximum Gasteiger partial charge on any atom is 0.342 e. The number of methoxy groups -OCH3 is 1. The first-order chi connectivity index (χ1) is 10.8. The molecule has 1 aromatic carbocycles. The molecular formula is C15H20N2O6. The van der Waals surface area contributed by atoms with E-state index in [1.807, 2.05) is 13.8 Å². The summed E-state index contributed by atoms with van der Waals surface area (Å²) < 4.78 is 10.1. The van der Waals surface area contributed by atoms with Gasteiger partial charge in [-0.2, -0.15) is 0 Å². The number of nitro benzene ring substituents is 1. The summed E-state index contributed by atoms with van der Waals surface area (Å²) in [6.45, 7) is 5.76. The molecule has 1 aromatic rings. The van der Waals surface area contributed by atoms with Crippen LogP contribution in [-0.4, -0.2) is 36.6 Å². The van der Waals surface area contributed by atoms with Crippen molar-refractivity contribution in [1.82, 2.24) is 5.32 Å². The molecule has 8 heteroatoms. The molecule has 0 fully saturated rings. The highest BCUT2D eigenvalue weighted by Gasteiger charge is 2.23. The monoisotopic (exact) mass is 324 g/mol. The van der Waals surface area contributed by atoms with Crippen LogP contribution in [0.5, 0.6) is 5.75 Å². The second-order valence-corrected chi connectivity index (χ2v) is 5.33. The van der Waals surface area contributed by atoms with Crippen molar-refractivity contribution >= 4 is 17.6 Å². The topological polar surface area (TPSA) is 108 Å². The summed E-state index contributed by atoms with van der Waals surface area (Å²) in [6.07, 6.45) is -1.02. The minimum atomic E-state index is -1.02. The SMILES string of the molecule is COc1ccc([N+](=O)[O-])cc1C(=O)O[C@@H](C)C(=O)NCC(C)C. The summed E-state index contributed by atoms with van der Waals surface area (Å²) in [5, 5.41) is 13.4. The number of nitrogens with one attached hydrogen (secondary N) is 1. The molecule has 1 rings (SSSR count). The van der Waals surface area contributed by atoms with Crippen LogP contribution in [0, 0.1) is 16.0 Å².